The van der Waals surface area contributed by atoms with Crippen molar-refractivity contribution in [2.75, 3.05) is 25.5 Å². The number of nitrogens with one attached hydrogen (secondary N) is 1. The van der Waals surface area contributed by atoms with Crippen LogP contribution in [0.1, 0.15) is 65.7 Å². The van der Waals surface area contributed by atoms with Crippen LogP contribution in [-0.4, -0.2) is 69.7 Å². The monoisotopic (exact) mass is 736 g/mol. The lowest BCUT2D eigenvalue weighted by Crippen LogP contribution is -2.29. The quantitative estimate of drug-likeness (QED) is 0.109. The van der Waals surface area contributed by atoms with Crippen LogP contribution < -0.4 is 24.3 Å². The first-order chi connectivity index (χ1) is 25.8. The molecule has 0 radical (unpaired) electrons. The third-order valence-corrected chi connectivity index (χ3v) is 7.69. The average Bonchev–Trinajstić information content (AvgIpc) is 3.84. The summed E-state index contributed by atoms with van der Waals surface area (Å²) in [6, 6.07) is 18.4. The molecule has 2 aliphatic rings. The number of carboxylic acid groups (broad SMARTS) is 1. The molecule has 0 saturated heterocycles. The van der Waals surface area contributed by atoms with Gasteiger partial charge >= 0.3 is 11.9 Å². The van der Waals surface area contributed by atoms with Gasteiger partial charge in [0.05, 0.1) is 23.4 Å². The molecule has 15 nitrogen and oxygen atoms in total. The van der Waals surface area contributed by atoms with Crippen molar-refractivity contribution in [3.05, 3.63) is 95.8 Å². The Morgan fingerprint density at radius 1 is 0.796 bits per heavy atom. The fourth-order valence-corrected chi connectivity index (χ4v) is 4.84. The second kappa shape index (κ2) is 16.6. The molecule has 0 aliphatic carbocycles. The summed E-state index contributed by atoms with van der Waals surface area (Å²) in [6.45, 7) is 8.87. The average molecular weight is 737 g/mol. The Hall–Kier alpha value is -6.90. The molecule has 278 valence electrons. The van der Waals surface area contributed by atoms with Gasteiger partial charge in [-0.05, 0) is 80.6 Å². The molecular formula is C39H36N4O11. The highest BCUT2D eigenvalue weighted by molar-refractivity contribution is 6.41. The van der Waals surface area contributed by atoms with Crippen LogP contribution in [0.4, 0.5) is 5.82 Å². The van der Waals surface area contributed by atoms with Crippen molar-refractivity contribution < 1.29 is 52.8 Å². The van der Waals surface area contributed by atoms with Crippen molar-refractivity contribution in [2.45, 2.75) is 34.6 Å². The van der Waals surface area contributed by atoms with Crippen LogP contribution in [0.3, 0.4) is 0 Å². The third kappa shape index (κ3) is 9.11. The van der Waals surface area contributed by atoms with Gasteiger partial charge in [-0.25, -0.2) is 24.5 Å². The predicted molar refractivity (Wildman–Crippen MR) is 194 cm³/mol. The van der Waals surface area contributed by atoms with Gasteiger partial charge in [0, 0.05) is 34.3 Å². The summed E-state index contributed by atoms with van der Waals surface area (Å²) < 4.78 is 25.5. The molecule has 15 heteroatoms. The summed E-state index contributed by atoms with van der Waals surface area (Å²) in [5, 5.41) is 12.5. The van der Waals surface area contributed by atoms with E-state index in [-0.39, 0.29) is 48.8 Å². The van der Waals surface area contributed by atoms with Crippen molar-refractivity contribution in [3.63, 3.8) is 0 Å². The van der Waals surface area contributed by atoms with Crippen LogP contribution in [-0.2, 0) is 14.3 Å². The molecular weight excluding hydrogens is 700 g/mol. The molecule has 2 N–H and O–H groups in total. The smallest absolute Gasteiger partial charge is 0.379 e. The number of amides is 1. The highest BCUT2D eigenvalue weighted by atomic mass is 16.7. The predicted octanol–water partition coefficient (Wildman–Crippen LogP) is 6.15. The summed E-state index contributed by atoms with van der Waals surface area (Å²) in [7, 11) is 0. The zero-order valence-electron chi connectivity index (χ0n) is 30.0. The zero-order valence-corrected chi connectivity index (χ0v) is 30.0. The minimum atomic E-state index is -1.01. The van der Waals surface area contributed by atoms with E-state index in [1.807, 2.05) is 6.07 Å². The van der Waals surface area contributed by atoms with Crippen molar-refractivity contribution in [1.82, 2.24) is 15.0 Å². The Bertz CT molecular complexity index is 2250. The van der Waals surface area contributed by atoms with Gasteiger partial charge < -0.3 is 34.1 Å². The lowest BCUT2D eigenvalue weighted by Gasteiger charge is -2.18. The number of carboxylic acids is 1. The van der Waals surface area contributed by atoms with E-state index in [2.05, 4.69) is 25.0 Å². The molecule has 54 heavy (non-hydrogen) atoms. The lowest BCUT2D eigenvalue weighted by atomic mass is 9.95. The van der Waals surface area contributed by atoms with Crippen LogP contribution in [0.2, 0.25) is 0 Å². The van der Waals surface area contributed by atoms with Crippen molar-refractivity contribution >= 4 is 46.3 Å². The second-order valence-electron chi connectivity index (χ2n) is 12.6. The number of ketones is 2. The van der Waals surface area contributed by atoms with Crippen molar-refractivity contribution in [2.24, 2.45) is 5.41 Å². The van der Waals surface area contributed by atoms with Crippen LogP contribution in [0.15, 0.2) is 79.1 Å². The molecule has 5 heterocycles. The van der Waals surface area contributed by atoms with Crippen LogP contribution in [0, 0.1) is 5.41 Å². The molecule has 2 aliphatic heterocycles. The van der Waals surface area contributed by atoms with Gasteiger partial charge in [-0.3, -0.25) is 14.4 Å². The number of anilines is 1. The Balaban J connectivity index is 0.000000162. The van der Waals surface area contributed by atoms with Crippen LogP contribution in [0.5, 0.6) is 23.0 Å². The highest BCUT2D eigenvalue weighted by Crippen LogP contribution is 2.36. The minimum absolute atomic E-state index is 0.0172. The number of carbonyl (C=O) groups excluding carboxylic acids is 4. The number of esters is 1. The first-order valence-corrected chi connectivity index (χ1v) is 16.5. The Kier molecular flexibility index (Phi) is 11.8. The van der Waals surface area contributed by atoms with E-state index < -0.39 is 23.1 Å². The Labute approximate surface area is 309 Å². The normalized spacial score (nSPS) is 12.0. The fraction of sp³-hybridized carbons (Fsp3) is 0.231. The zero-order chi connectivity index (χ0) is 39.0. The van der Waals surface area contributed by atoms with Gasteiger partial charge in [-0.15, -0.1) is 0 Å². The number of nitrogens with zero attached hydrogens (tertiary/aromatic N) is 3. The second-order valence-corrected chi connectivity index (χ2v) is 12.6. The first kappa shape index (κ1) is 38.3. The number of aromatic carboxylic acids is 1. The molecule has 0 spiro atoms. The van der Waals surface area contributed by atoms with E-state index in [0.29, 0.717) is 45.3 Å². The van der Waals surface area contributed by atoms with E-state index in [4.69, 9.17) is 18.9 Å². The summed E-state index contributed by atoms with van der Waals surface area (Å²) in [5.41, 5.74) is 1.88. The number of Topliss-reactive ketones (excluding diaryl/α,β-unsaturated/α-hetero) is 2. The van der Waals surface area contributed by atoms with E-state index in [9.17, 15) is 29.1 Å². The Morgan fingerprint density at radius 3 is 2.07 bits per heavy atom. The maximum Gasteiger partial charge on any atom is 0.379 e. The van der Waals surface area contributed by atoms with Gasteiger partial charge in [0.1, 0.15) is 5.82 Å². The molecule has 0 bridgehead atoms. The molecule has 2 aromatic carbocycles. The molecule has 1 amide bonds. The maximum absolute atomic E-state index is 11.9. The number of benzene rings is 2. The van der Waals surface area contributed by atoms with Crippen LogP contribution in [0.25, 0.3) is 22.3 Å². The van der Waals surface area contributed by atoms with E-state index in [1.165, 1.54) is 25.3 Å². The molecule has 0 atom stereocenters. The molecule has 0 unspecified atom stereocenters. The summed E-state index contributed by atoms with van der Waals surface area (Å²) in [6.07, 6.45) is 3.02. The number of hydrogen-bond acceptors (Lipinski definition) is 13. The van der Waals surface area contributed by atoms with Gasteiger partial charge in [-0.2, -0.15) is 0 Å². The summed E-state index contributed by atoms with van der Waals surface area (Å²) >= 11 is 0. The topological polar surface area (TPSA) is 202 Å². The number of carbonyl (C=O) groups is 5. The summed E-state index contributed by atoms with van der Waals surface area (Å²) in [5.74, 6) is -0.354. The number of pyridine rings is 3. The lowest BCUT2D eigenvalue weighted by molar-refractivity contribution is -0.137. The molecule has 0 saturated carbocycles. The molecule has 0 fully saturated rings. The molecule has 7 rings (SSSR count). The standard InChI is InChI=1S/C16H10N2O4.C14H18N2O4.C9H8O3/c19-16(20)11-7-12(18-15-10(11)2-1-5-17-15)9-3-4-13-14(6-9)22-8-21-13;1-5-20-12(18)10(17)9-7-6-8-15-11(9)16-13(19)14(2,3)4;1-6(10)7-2-3-8-9(4-7)12-5-11-8/h1-7H,8H2,(H,19,20);6-8H,5H2,1-4H3,(H,15,16,19);2-4H,5H2,1H3. The molecule has 3 aromatic heterocycles. The third-order valence-electron chi connectivity index (χ3n) is 7.69. The van der Waals surface area contributed by atoms with Gasteiger partial charge in [0.25, 0.3) is 5.78 Å². The first-order valence-electron chi connectivity index (χ1n) is 16.5. The Morgan fingerprint density at radius 2 is 1.43 bits per heavy atom. The highest BCUT2D eigenvalue weighted by Gasteiger charge is 2.26. The van der Waals surface area contributed by atoms with Crippen LogP contribution >= 0.6 is 0 Å². The van der Waals surface area contributed by atoms with E-state index in [1.54, 1.807) is 82.4 Å². The van der Waals surface area contributed by atoms with Gasteiger partial charge in [0.15, 0.2) is 34.4 Å². The van der Waals surface area contributed by atoms with E-state index >= 15 is 0 Å². The van der Waals surface area contributed by atoms with Crippen molar-refractivity contribution in [3.8, 4) is 34.3 Å². The van der Waals surface area contributed by atoms with Gasteiger partial charge in [-0.1, -0.05) is 20.8 Å². The summed E-state index contributed by atoms with van der Waals surface area (Å²) in [4.78, 5) is 70.3. The number of hydrogen-bond donors (Lipinski definition) is 2. The largest absolute Gasteiger partial charge is 0.478 e. The fourth-order valence-electron chi connectivity index (χ4n) is 4.84. The number of rotatable bonds is 7. The number of fused-ring (bicyclic) bond motifs is 3. The number of ether oxygens (including phenoxy) is 5. The minimum Gasteiger partial charge on any atom is -0.478 e. The maximum atomic E-state index is 11.9. The SMILES string of the molecule is CC(=O)c1ccc2c(c1)OCO2.CCOC(=O)C(=O)c1cccnc1NC(=O)C(C)(C)C.O=C(O)c1cc(-c2ccc3c(c2)OCO3)nc2ncccc12. The van der Waals surface area contributed by atoms with Gasteiger partial charge in [0.2, 0.25) is 19.5 Å². The number of aromatic nitrogens is 3. The molecule has 5 aromatic rings. The van der Waals surface area contributed by atoms with E-state index in [0.717, 1.165) is 5.56 Å². The van der Waals surface area contributed by atoms with Crippen molar-refractivity contribution in [1.29, 1.82) is 0 Å².